The molecule has 0 spiro atoms. The number of anilines is 1. The van der Waals surface area contributed by atoms with Crippen LogP contribution in [-0.4, -0.2) is 24.2 Å². The first-order valence-corrected chi connectivity index (χ1v) is 6.49. The van der Waals surface area contributed by atoms with E-state index in [2.05, 4.69) is 41.3 Å². The molecule has 0 bridgehead atoms. The maximum atomic E-state index is 10.4. The van der Waals surface area contributed by atoms with E-state index in [1.807, 2.05) is 0 Å². The van der Waals surface area contributed by atoms with Gasteiger partial charge in [0.1, 0.15) is 0 Å². The maximum Gasteiger partial charge on any atom is 0.303 e. The van der Waals surface area contributed by atoms with E-state index in [-0.39, 0.29) is 23.4 Å². The molecule has 2 rings (SSSR count). The van der Waals surface area contributed by atoms with Gasteiger partial charge >= 0.3 is 5.97 Å². The first kappa shape index (κ1) is 15.8. The number of carbonyl (C=O) groups is 1. The number of carboxylic acid groups (broad SMARTS) is 1. The van der Waals surface area contributed by atoms with E-state index in [1.54, 1.807) is 0 Å². The number of para-hydroxylation sites is 1. The molecule has 0 unspecified atom stereocenters. The van der Waals surface area contributed by atoms with Gasteiger partial charge in [0.25, 0.3) is 0 Å². The Morgan fingerprint density at radius 3 is 2.79 bits per heavy atom. The van der Waals surface area contributed by atoms with E-state index in [1.165, 1.54) is 11.3 Å². The molecule has 3 nitrogen and oxygen atoms in total. The second-order valence-electron chi connectivity index (χ2n) is 4.61. The Hall–Kier alpha value is -1.29. The highest BCUT2D eigenvalue weighted by atomic mass is 79.9. The molecule has 1 N–H and O–H groups in total. The minimum atomic E-state index is -0.693. The molecule has 4 heteroatoms. The van der Waals surface area contributed by atoms with Crippen LogP contribution >= 0.6 is 0 Å². The van der Waals surface area contributed by atoms with Crippen molar-refractivity contribution in [1.29, 1.82) is 0 Å². The zero-order valence-electron chi connectivity index (χ0n) is 10.9. The molecule has 0 fully saturated rings. The number of hydrogen-bond donors (Lipinski definition) is 1. The van der Waals surface area contributed by atoms with Gasteiger partial charge in [0.15, 0.2) is 0 Å². The predicted octanol–water partition coefficient (Wildman–Crippen LogP) is 0.169. The highest BCUT2D eigenvalue weighted by Gasteiger charge is 2.11. The molecule has 0 saturated heterocycles. The van der Waals surface area contributed by atoms with Crippen LogP contribution in [0.25, 0.3) is 6.08 Å². The van der Waals surface area contributed by atoms with Crippen molar-refractivity contribution in [3.8, 4) is 0 Å². The lowest BCUT2D eigenvalue weighted by molar-refractivity contribution is -0.137. The van der Waals surface area contributed by atoms with Crippen molar-refractivity contribution in [1.82, 2.24) is 0 Å². The molecule has 0 radical (unpaired) electrons. The highest BCUT2D eigenvalue weighted by Crippen LogP contribution is 2.25. The fourth-order valence-electron chi connectivity index (χ4n) is 2.29. The zero-order valence-corrected chi connectivity index (χ0v) is 12.5. The van der Waals surface area contributed by atoms with Crippen LogP contribution in [0.3, 0.4) is 0 Å². The lowest BCUT2D eigenvalue weighted by Gasteiger charge is -2.28. The Labute approximate surface area is 124 Å². The second-order valence-corrected chi connectivity index (χ2v) is 4.61. The summed E-state index contributed by atoms with van der Waals surface area (Å²) < 4.78 is 0. The summed E-state index contributed by atoms with van der Waals surface area (Å²) in [5.74, 6) is -0.693. The van der Waals surface area contributed by atoms with Crippen LogP contribution in [0, 0.1) is 0 Å². The summed E-state index contributed by atoms with van der Waals surface area (Å²) in [7, 11) is 0. The van der Waals surface area contributed by atoms with Gasteiger partial charge in [0.2, 0.25) is 0 Å². The number of fused-ring (bicyclic) bond motifs is 1. The third kappa shape index (κ3) is 4.71. The summed E-state index contributed by atoms with van der Waals surface area (Å²) >= 11 is 0. The molecule has 1 aromatic carbocycles. The van der Waals surface area contributed by atoms with E-state index in [0.717, 1.165) is 32.4 Å². The van der Waals surface area contributed by atoms with E-state index in [4.69, 9.17) is 5.11 Å². The summed E-state index contributed by atoms with van der Waals surface area (Å²) in [6.45, 7) is 1.96. The van der Waals surface area contributed by atoms with Crippen LogP contribution in [0.4, 0.5) is 5.69 Å². The van der Waals surface area contributed by atoms with E-state index >= 15 is 0 Å². The monoisotopic (exact) mass is 324 g/mol. The predicted molar refractivity (Wildman–Crippen MR) is 73.8 cm³/mol. The molecule has 1 aliphatic heterocycles. The van der Waals surface area contributed by atoms with Crippen molar-refractivity contribution in [3.63, 3.8) is 0 Å². The van der Waals surface area contributed by atoms with Gasteiger partial charge in [0, 0.05) is 25.2 Å². The third-order valence-corrected chi connectivity index (χ3v) is 3.22. The van der Waals surface area contributed by atoms with Crippen LogP contribution in [0.5, 0.6) is 0 Å². The standard InChI is InChI=1S/C15H19NO2.BrH/c17-15(18)10-2-1-5-11-16-12-6-8-13-7-3-4-9-14(13)16;/h3-4,6-9H,1-2,5,10-12H2,(H,17,18);1H/p-1. The number of nitrogens with zero attached hydrogens (tertiary/aromatic N) is 1. The molecule has 19 heavy (non-hydrogen) atoms. The molecule has 0 aromatic heterocycles. The first-order valence-electron chi connectivity index (χ1n) is 6.49. The quantitative estimate of drug-likeness (QED) is 0.758. The molecule has 0 saturated carbocycles. The Morgan fingerprint density at radius 2 is 2.00 bits per heavy atom. The summed E-state index contributed by atoms with van der Waals surface area (Å²) in [5, 5.41) is 8.57. The lowest BCUT2D eigenvalue weighted by Crippen LogP contribution is -3.00. The molecule has 104 valence electrons. The Morgan fingerprint density at radius 1 is 1.21 bits per heavy atom. The number of hydrogen-bond acceptors (Lipinski definition) is 2. The number of aliphatic carboxylic acids is 1. The van der Waals surface area contributed by atoms with Crippen LogP contribution in [0.2, 0.25) is 0 Å². The van der Waals surface area contributed by atoms with E-state index in [0.29, 0.717) is 0 Å². The van der Waals surface area contributed by atoms with Gasteiger partial charge in [-0.25, -0.2) is 0 Å². The SMILES string of the molecule is O=C(O)CCCCCN1CC=Cc2ccccc21.[Br-]. The van der Waals surface area contributed by atoms with Gasteiger partial charge in [-0.2, -0.15) is 0 Å². The summed E-state index contributed by atoms with van der Waals surface area (Å²) in [5.41, 5.74) is 2.56. The van der Waals surface area contributed by atoms with Gasteiger partial charge in [-0.15, -0.1) is 0 Å². The highest BCUT2D eigenvalue weighted by molar-refractivity contribution is 5.71. The molecule has 0 atom stereocenters. The number of unbranched alkanes of at least 4 members (excludes halogenated alkanes) is 2. The average molecular weight is 325 g/mol. The minimum absolute atomic E-state index is 0. The van der Waals surface area contributed by atoms with Gasteiger partial charge in [0.05, 0.1) is 0 Å². The molecule has 1 aromatic rings. The molecule has 0 amide bonds. The summed E-state index contributed by atoms with van der Waals surface area (Å²) in [6.07, 6.45) is 7.44. The Bertz CT molecular complexity index is 446. The van der Waals surface area contributed by atoms with E-state index in [9.17, 15) is 4.79 Å². The zero-order chi connectivity index (χ0) is 12.8. The van der Waals surface area contributed by atoms with Gasteiger partial charge in [-0.3, -0.25) is 4.79 Å². The maximum absolute atomic E-state index is 10.4. The smallest absolute Gasteiger partial charge is 0.303 e. The fraction of sp³-hybridized carbons (Fsp3) is 0.400. The van der Waals surface area contributed by atoms with Crippen LogP contribution in [0.15, 0.2) is 30.3 Å². The Kier molecular flexibility index (Phi) is 6.64. The number of carboxylic acids is 1. The van der Waals surface area contributed by atoms with Gasteiger partial charge in [-0.05, 0) is 24.5 Å². The van der Waals surface area contributed by atoms with Crippen LogP contribution < -0.4 is 21.9 Å². The molecular formula is C15H19BrNO2-. The normalized spacial score (nSPS) is 12.7. The third-order valence-electron chi connectivity index (χ3n) is 3.22. The number of benzene rings is 1. The number of rotatable bonds is 6. The van der Waals surface area contributed by atoms with Crippen molar-refractivity contribution >= 4 is 17.7 Å². The lowest BCUT2D eigenvalue weighted by atomic mass is 10.1. The summed E-state index contributed by atoms with van der Waals surface area (Å²) in [6, 6.07) is 8.40. The van der Waals surface area contributed by atoms with Gasteiger partial charge in [-0.1, -0.05) is 36.8 Å². The van der Waals surface area contributed by atoms with Crippen LogP contribution in [-0.2, 0) is 4.79 Å². The minimum Gasteiger partial charge on any atom is -1.00 e. The van der Waals surface area contributed by atoms with Crippen LogP contribution in [0.1, 0.15) is 31.2 Å². The molecule has 1 heterocycles. The van der Waals surface area contributed by atoms with E-state index < -0.39 is 5.97 Å². The average Bonchev–Trinajstić information content (AvgIpc) is 2.38. The molecule has 0 aliphatic carbocycles. The topological polar surface area (TPSA) is 40.5 Å². The fourth-order valence-corrected chi connectivity index (χ4v) is 2.29. The van der Waals surface area contributed by atoms with Gasteiger partial charge < -0.3 is 27.0 Å². The van der Waals surface area contributed by atoms with Crippen molar-refractivity contribution in [3.05, 3.63) is 35.9 Å². The Balaban J connectivity index is 0.00000180. The molecular weight excluding hydrogens is 306 g/mol. The molecule has 1 aliphatic rings. The van der Waals surface area contributed by atoms with Crippen molar-refractivity contribution < 1.29 is 26.9 Å². The van der Waals surface area contributed by atoms with Crippen molar-refractivity contribution in [2.24, 2.45) is 0 Å². The summed E-state index contributed by atoms with van der Waals surface area (Å²) in [4.78, 5) is 12.8. The largest absolute Gasteiger partial charge is 1.00 e. The van der Waals surface area contributed by atoms with Crippen molar-refractivity contribution in [2.75, 3.05) is 18.0 Å². The van der Waals surface area contributed by atoms with Crippen molar-refractivity contribution in [2.45, 2.75) is 25.7 Å². The first-order chi connectivity index (χ1) is 8.77. The number of halogens is 1. The second kappa shape index (κ2) is 8.00.